The fourth-order valence-corrected chi connectivity index (χ4v) is 7.62. The Hall–Kier alpha value is -5.18. The Balaban J connectivity index is 1.82. The molecule has 0 saturated heterocycles. The van der Waals surface area contributed by atoms with E-state index >= 15 is 0 Å². The third-order valence-electron chi connectivity index (χ3n) is 8.89. The summed E-state index contributed by atoms with van der Waals surface area (Å²) in [5.74, 6) is 0. The molecule has 0 saturated carbocycles. The molecule has 10 rings (SSSR count). The van der Waals surface area contributed by atoms with Gasteiger partial charge in [0.05, 0.1) is 11.1 Å². The average Bonchev–Trinajstić information content (AvgIpc) is 2.93. The van der Waals surface area contributed by atoms with Gasteiger partial charge in [-0.1, -0.05) is 72.8 Å². The molecule has 158 valence electrons. The van der Waals surface area contributed by atoms with Crippen LogP contribution >= 0.6 is 0 Å². The fraction of sp³-hybridized carbons (Fsp3) is 0. The van der Waals surface area contributed by atoms with Gasteiger partial charge in [-0.15, -0.1) is 0 Å². The maximum atomic E-state index is 10.4. The van der Waals surface area contributed by atoms with Crippen LogP contribution in [0.1, 0.15) is 11.1 Å². The first-order valence-corrected chi connectivity index (χ1v) is 12.2. The van der Waals surface area contributed by atoms with Gasteiger partial charge in [0.2, 0.25) is 0 Å². The van der Waals surface area contributed by atoms with Gasteiger partial charge in [0.15, 0.2) is 0 Å². The normalized spacial score (nSPS) is 12.9. The van der Waals surface area contributed by atoms with Crippen molar-refractivity contribution < 1.29 is 0 Å². The first kappa shape index (κ1) is 17.3. The van der Waals surface area contributed by atoms with E-state index in [0.29, 0.717) is 0 Å². The Morgan fingerprint density at radius 2 is 0.556 bits per heavy atom. The molecule has 0 spiro atoms. The van der Waals surface area contributed by atoms with E-state index < -0.39 is 0 Å². The van der Waals surface area contributed by atoms with E-state index in [9.17, 15) is 10.5 Å². The van der Waals surface area contributed by atoms with Crippen molar-refractivity contribution in [2.75, 3.05) is 0 Å². The zero-order chi connectivity index (χ0) is 23.4. The number of hydrogen-bond donors (Lipinski definition) is 0. The lowest BCUT2D eigenvalue weighted by atomic mass is 9.75. The van der Waals surface area contributed by atoms with Gasteiger partial charge in [-0.05, 0) is 43.1 Å². The second kappa shape index (κ2) is 5.23. The minimum atomic E-state index is 0.751. The third-order valence-corrected chi connectivity index (χ3v) is 8.89. The predicted octanol–water partition coefficient (Wildman–Crippen LogP) is 9.00. The smallest absolute Gasteiger partial charge is 0.100 e. The first-order valence-electron chi connectivity index (χ1n) is 12.2. The molecule has 0 aromatic heterocycles. The minimum absolute atomic E-state index is 0.751. The molecule has 36 heavy (non-hydrogen) atoms. The van der Waals surface area contributed by atoms with Crippen LogP contribution in [-0.4, -0.2) is 0 Å². The zero-order valence-electron chi connectivity index (χ0n) is 18.8. The molecule has 0 heterocycles. The van der Waals surface area contributed by atoms with Crippen LogP contribution in [-0.2, 0) is 0 Å². The summed E-state index contributed by atoms with van der Waals surface area (Å²) in [7, 11) is 0. The van der Waals surface area contributed by atoms with Crippen molar-refractivity contribution in [1.29, 1.82) is 10.5 Å². The van der Waals surface area contributed by atoms with Crippen LogP contribution in [0.5, 0.6) is 0 Å². The molecule has 0 aliphatic rings. The molecule has 0 atom stereocenters. The molecule has 10 aromatic carbocycles. The van der Waals surface area contributed by atoms with Crippen molar-refractivity contribution in [2.24, 2.45) is 0 Å². The van der Waals surface area contributed by atoms with Crippen LogP contribution in [0.4, 0.5) is 0 Å². The predicted molar refractivity (Wildman–Crippen MR) is 149 cm³/mol. The second-order valence-electron chi connectivity index (χ2n) is 10.2. The highest BCUT2D eigenvalue weighted by Gasteiger charge is 2.28. The van der Waals surface area contributed by atoms with Crippen molar-refractivity contribution >= 4 is 97.0 Å². The van der Waals surface area contributed by atoms with Crippen molar-refractivity contribution in [2.45, 2.75) is 0 Å². The number of rotatable bonds is 0. The molecule has 0 aliphatic carbocycles. The summed E-state index contributed by atoms with van der Waals surface area (Å²) in [6.07, 6.45) is 0. The molecular weight excluding hydrogens is 436 g/mol. The average molecular weight is 448 g/mol. The second-order valence-corrected chi connectivity index (χ2v) is 10.2. The molecule has 0 unspecified atom stereocenters. The van der Waals surface area contributed by atoms with Gasteiger partial charge in [0.25, 0.3) is 0 Å². The molecule has 0 N–H and O–H groups in total. The van der Waals surface area contributed by atoms with Crippen LogP contribution in [0.25, 0.3) is 97.0 Å². The Labute approximate surface area is 203 Å². The maximum absolute atomic E-state index is 10.4. The molecule has 0 radical (unpaired) electrons. The van der Waals surface area contributed by atoms with Gasteiger partial charge in [0.1, 0.15) is 12.1 Å². The van der Waals surface area contributed by atoms with Crippen molar-refractivity contribution in [3.63, 3.8) is 0 Å². The molecule has 0 fully saturated rings. The van der Waals surface area contributed by atoms with Crippen LogP contribution in [0.3, 0.4) is 0 Å². The monoisotopic (exact) mass is 448 g/mol. The molecular formula is C34H12N2. The number of nitrogens with zero attached hydrogens (tertiary/aromatic N) is 2. The highest BCUT2D eigenvalue weighted by molar-refractivity contribution is 6.54. The van der Waals surface area contributed by atoms with Crippen LogP contribution in [0, 0.1) is 22.7 Å². The summed E-state index contributed by atoms with van der Waals surface area (Å²) < 4.78 is 0. The maximum Gasteiger partial charge on any atom is 0.100 e. The summed E-state index contributed by atoms with van der Waals surface area (Å²) in [5, 5.41) is 41.7. The lowest BCUT2D eigenvalue weighted by Crippen LogP contribution is -1.99. The fourth-order valence-electron chi connectivity index (χ4n) is 7.62. The Morgan fingerprint density at radius 3 is 0.806 bits per heavy atom. The Morgan fingerprint density at radius 1 is 0.306 bits per heavy atom. The van der Waals surface area contributed by atoms with Gasteiger partial charge in [-0.25, -0.2) is 0 Å². The van der Waals surface area contributed by atoms with Gasteiger partial charge < -0.3 is 0 Å². The molecule has 2 nitrogen and oxygen atoms in total. The summed E-state index contributed by atoms with van der Waals surface area (Å²) in [4.78, 5) is 0. The highest BCUT2D eigenvalue weighted by atomic mass is 14.3. The minimum Gasteiger partial charge on any atom is -0.192 e. The van der Waals surface area contributed by atoms with Gasteiger partial charge in [-0.2, -0.15) is 10.5 Å². The van der Waals surface area contributed by atoms with E-state index in [1.807, 2.05) is 0 Å². The Kier molecular flexibility index (Phi) is 2.51. The highest BCUT2D eigenvalue weighted by Crippen LogP contribution is 2.56. The number of nitriles is 2. The summed E-state index contributed by atoms with van der Waals surface area (Å²) in [6.45, 7) is 0. The van der Waals surface area contributed by atoms with E-state index in [0.717, 1.165) is 32.7 Å². The summed E-state index contributed by atoms with van der Waals surface area (Å²) >= 11 is 0. The van der Waals surface area contributed by atoms with Gasteiger partial charge >= 0.3 is 0 Å². The standard InChI is InChI=1S/C34H12N2/c35-13-23-19-9-5-15-1-2-16-6-10-20-24(14-36)22-12-8-18-4-3-17-7-11-21(23)31-27(17)28(18)32(22)34-30(20)26(16)25(15)29(19)33(31)34/h1-12H. The molecule has 0 bridgehead atoms. The van der Waals surface area contributed by atoms with E-state index in [4.69, 9.17) is 0 Å². The van der Waals surface area contributed by atoms with E-state index in [1.54, 1.807) is 0 Å². The molecule has 2 heteroatoms. The molecule has 10 aromatic rings. The largest absolute Gasteiger partial charge is 0.192 e. The zero-order valence-corrected chi connectivity index (χ0v) is 18.8. The molecule has 0 amide bonds. The lowest BCUT2D eigenvalue weighted by Gasteiger charge is -2.26. The summed E-state index contributed by atoms with van der Waals surface area (Å²) in [6, 6.07) is 31.1. The van der Waals surface area contributed by atoms with Crippen molar-refractivity contribution in [1.82, 2.24) is 0 Å². The van der Waals surface area contributed by atoms with E-state index in [1.165, 1.54) is 75.4 Å². The van der Waals surface area contributed by atoms with Gasteiger partial charge in [0, 0.05) is 53.9 Å². The van der Waals surface area contributed by atoms with Crippen LogP contribution < -0.4 is 0 Å². The van der Waals surface area contributed by atoms with Gasteiger partial charge in [-0.3, -0.25) is 0 Å². The molecule has 0 aliphatic heterocycles. The Bertz CT molecular complexity index is 2290. The van der Waals surface area contributed by atoms with Crippen molar-refractivity contribution in [3.05, 3.63) is 83.9 Å². The van der Waals surface area contributed by atoms with E-state index in [2.05, 4.69) is 84.9 Å². The number of hydrogen-bond acceptors (Lipinski definition) is 2. The quantitative estimate of drug-likeness (QED) is 0.172. The first-order chi connectivity index (χ1) is 17.8. The summed E-state index contributed by atoms with van der Waals surface area (Å²) in [5.41, 5.74) is 1.50. The van der Waals surface area contributed by atoms with Crippen LogP contribution in [0.15, 0.2) is 72.8 Å². The number of benzene rings is 10. The lowest BCUT2D eigenvalue weighted by molar-refractivity contribution is 1.52. The van der Waals surface area contributed by atoms with E-state index in [-0.39, 0.29) is 0 Å². The van der Waals surface area contributed by atoms with Crippen molar-refractivity contribution in [3.8, 4) is 12.1 Å². The topological polar surface area (TPSA) is 47.6 Å². The van der Waals surface area contributed by atoms with Crippen LogP contribution in [0.2, 0.25) is 0 Å². The third kappa shape index (κ3) is 1.53. The SMILES string of the molecule is N#Cc1c2ccc3ccc4ccc5c(C#N)c6ccc7ccc8ccc1c1c8c7c6c6c5c4c3c2c16.